The normalized spacial score (nSPS) is 42.8. The zero-order valence-corrected chi connectivity index (χ0v) is 17.6. The summed E-state index contributed by atoms with van der Waals surface area (Å²) < 4.78 is 12.0. The van der Waals surface area contributed by atoms with Crippen molar-refractivity contribution in [3.63, 3.8) is 0 Å². The molecule has 0 aromatic rings. The van der Waals surface area contributed by atoms with Crippen molar-refractivity contribution in [1.82, 2.24) is 0 Å². The summed E-state index contributed by atoms with van der Waals surface area (Å²) in [5, 5.41) is 9.34. The Morgan fingerprint density at radius 2 is 1.89 bits per heavy atom. The van der Waals surface area contributed by atoms with Gasteiger partial charge in [0.1, 0.15) is 0 Å². The van der Waals surface area contributed by atoms with Gasteiger partial charge in [0.05, 0.1) is 24.2 Å². The smallest absolute Gasteiger partial charge is 0.306 e. The summed E-state index contributed by atoms with van der Waals surface area (Å²) in [5.41, 5.74) is -1.45. The molecule has 156 valence electrons. The summed E-state index contributed by atoms with van der Waals surface area (Å²) in [4.78, 5) is 36.0. The first kappa shape index (κ1) is 21.0. The van der Waals surface area contributed by atoms with Gasteiger partial charge in [-0.3, -0.25) is 14.4 Å². The Morgan fingerprint density at radius 3 is 2.50 bits per heavy atom. The molecule has 1 spiro atoms. The van der Waals surface area contributed by atoms with Gasteiger partial charge in [0.15, 0.2) is 5.78 Å². The largest absolute Gasteiger partial charge is 0.481 e. The molecular weight excluding hydrogens is 360 g/mol. The summed E-state index contributed by atoms with van der Waals surface area (Å²) in [6.07, 6.45) is 5.52. The third-order valence-corrected chi connectivity index (χ3v) is 7.54. The number of allylic oxidation sites excluding steroid dienone is 1. The monoisotopic (exact) mass is 392 g/mol. The maximum atomic E-state index is 13.2. The standard InChI is InChI=1S/C22H32O6/c1-14-11-16(24)18-19(3,13-27-15(2)23)7-6-8-21(18,5)22(14)10-9-20(4,28-22)12-17(25)26/h11,18H,6-10,12-13H2,1-5H3,(H,25,26)/t18-,19-,20-,21-,22+/m0/s1. The summed E-state index contributed by atoms with van der Waals surface area (Å²) in [7, 11) is 0. The van der Waals surface area contributed by atoms with E-state index < -0.39 is 28.0 Å². The van der Waals surface area contributed by atoms with Crippen LogP contribution in [-0.4, -0.2) is 40.6 Å². The number of carboxylic acid groups (broad SMARTS) is 1. The van der Waals surface area contributed by atoms with E-state index in [1.165, 1.54) is 6.92 Å². The van der Waals surface area contributed by atoms with Gasteiger partial charge in [0.2, 0.25) is 0 Å². The second-order valence-electron chi connectivity index (χ2n) is 9.82. The highest BCUT2D eigenvalue weighted by Gasteiger charge is 2.67. The molecule has 1 heterocycles. The van der Waals surface area contributed by atoms with E-state index in [0.29, 0.717) is 12.8 Å². The zero-order chi connectivity index (χ0) is 21.0. The number of hydrogen-bond acceptors (Lipinski definition) is 5. The first-order valence-electron chi connectivity index (χ1n) is 10.2. The van der Waals surface area contributed by atoms with Crippen molar-refractivity contribution in [3.8, 4) is 0 Å². The van der Waals surface area contributed by atoms with Gasteiger partial charge in [0.25, 0.3) is 0 Å². The van der Waals surface area contributed by atoms with Crippen LogP contribution in [-0.2, 0) is 23.9 Å². The van der Waals surface area contributed by atoms with Crippen molar-refractivity contribution in [2.24, 2.45) is 16.7 Å². The quantitative estimate of drug-likeness (QED) is 0.734. The molecule has 0 unspecified atom stereocenters. The van der Waals surface area contributed by atoms with E-state index in [2.05, 4.69) is 6.92 Å². The van der Waals surface area contributed by atoms with E-state index in [1.54, 1.807) is 6.08 Å². The Balaban J connectivity index is 2.04. The van der Waals surface area contributed by atoms with Crippen LogP contribution in [0.15, 0.2) is 11.6 Å². The van der Waals surface area contributed by atoms with Crippen molar-refractivity contribution >= 4 is 17.7 Å². The maximum absolute atomic E-state index is 13.2. The van der Waals surface area contributed by atoms with Crippen LogP contribution < -0.4 is 0 Å². The van der Waals surface area contributed by atoms with Crippen molar-refractivity contribution < 1.29 is 29.0 Å². The second kappa shape index (κ2) is 6.68. The lowest BCUT2D eigenvalue weighted by Crippen LogP contribution is -2.63. The number of fused-ring (bicyclic) bond motifs is 2. The fourth-order valence-electron chi connectivity index (χ4n) is 6.38. The van der Waals surface area contributed by atoms with E-state index in [0.717, 1.165) is 24.8 Å². The number of ether oxygens (including phenoxy) is 2. The molecule has 6 heteroatoms. The van der Waals surface area contributed by atoms with Gasteiger partial charge in [-0.15, -0.1) is 0 Å². The lowest BCUT2D eigenvalue weighted by Gasteiger charge is -2.60. The van der Waals surface area contributed by atoms with Crippen LogP contribution in [0.2, 0.25) is 0 Å². The topological polar surface area (TPSA) is 89.9 Å². The van der Waals surface area contributed by atoms with E-state index in [9.17, 15) is 19.5 Å². The lowest BCUT2D eigenvalue weighted by molar-refractivity contribution is -0.201. The van der Waals surface area contributed by atoms with Crippen LogP contribution in [0.1, 0.15) is 73.1 Å². The molecule has 1 saturated heterocycles. The summed E-state index contributed by atoms with van der Waals surface area (Å²) >= 11 is 0. The van der Waals surface area contributed by atoms with Crippen LogP contribution in [0.4, 0.5) is 0 Å². The molecule has 0 amide bonds. The fourth-order valence-corrected chi connectivity index (χ4v) is 6.38. The van der Waals surface area contributed by atoms with Gasteiger partial charge >= 0.3 is 11.9 Å². The number of rotatable bonds is 4. The predicted octanol–water partition coefficient (Wildman–Crippen LogP) is 3.67. The summed E-state index contributed by atoms with van der Waals surface area (Å²) in [6, 6.07) is 0. The van der Waals surface area contributed by atoms with Gasteiger partial charge in [-0.2, -0.15) is 0 Å². The molecule has 5 atom stereocenters. The number of carbonyl (C=O) groups excluding carboxylic acids is 2. The van der Waals surface area contributed by atoms with Crippen LogP contribution in [0.3, 0.4) is 0 Å². The van der Waals surface area contributed by atoms with Gasteiger partial charge in [-0.1, -0.05) is 20.3 Å². The molecule has 2 fully saturated rings. The molecule has 0 bridgehead atoms. The number of esters is 1. The molecule has 1 aliphatic heterocycles. The highest BCUT2D eigenvalue weighted by Crippen LogP contribution is 2.65. The molecule has 28 heavy (non-hydrogen) atoms. The van der Waals surface area contributed by atoms with E-state index in [1.807, 2.05) is 20.8 Å². The molecule has 1 saturated carbocycles. The van der Waals surface area contributed by atoms with E-state index >= 15 is 0 Å². The molecule has 0 aromatic heterocycles. The minimum absolute atomic E-state index is 0.0541. The third-order valence-electron chi connectivity index (χ3n) is 7.54. The number of aliphatic carboxylic acids is 1. The molecule has 3 aliphatic rings. The minimum Gasteiger partial charge on any atom is -0.481 e. The highest BCUT2D eigenvalue weighted by atomic mass is 16.5. The molecule has 0 radical (unpaired) electrons. The Labute approximate surface area is 166 Å². The lowest BCUT2D eigenvalue weighted by atomic mass is 9.46. The fraction of sp³-hybridized carbons (Fsp3) is 0.773. The Morgan fingerprint density at radius 1 is 1.21 bits per heavy atom. The summed E-state index contributed by atoms with van der Waals surface area (Å²) in [6.45, 7) is 9.54. The third kappa shape index (κ3) is 3.10. The molecular formula is C22H32O6. The highest BCUT2D eigenvalue weighted by molar-refractivity contribution is 5.95. The molecule has 1 N–H and O–H groups in total. The summed E-state index contributed by atoms with van der Waals surface area (Å²) in [5.74, 6) is -1.48. The van der Waals surface area contributed by atoms with Crippen LogP contribution >= 0.6 is 0 Å². The minimum atomic E-state index is -0.877. The Kier molecular flexibility index (Phi) is 5.02. The van der Waals surface area contributed by atoms with Gasteiger partial charge in [-0.25, -0.2) is 0 Å². The van der Waals surface area contributed by atoms with Gasteiger partial charge < -0.3 is 14.6 Å². The van der Waals surface area contributed by atoms with Crippen molar-refractivity contribution in [2.75, 3.05) is 6.61 Å². The second-order valence-corrected chi connectivity index (χ2v) is 9.82. The molecule has 0 aromatic carbocycles. The van der Waals surface area contributed by atoms with Crippen LogP contribution in [0.25, 0.3) is 0 Å². The van der Waals surface area contributed by atoms with Gasteiger partial charge in [0, 0.05) is 23.7 Å². The number of hydrogen-bond donors (Lipinski definition) is 1. The van der Waals surface area contributed by atoms with E-state index in [4.69, 9.17) is 9.47 Å². The average molecular weight is 392 g/mol. The Hall–Kier alpha value is -1.69. The maximum Gasteiger partial charge on any atom is 0.306 e. The van der Waals surface area contributed by atoms with Crippen molar-refractivity contribution in [1.29, 1.82) is 0 Å². The average Bonchev–Trinajstić information content (AvgIpc) is 2.90. The predicted molar refractivity (Wildman–Crippen MR) is 103 cm³/mol. The number of carbonyl (C=O) groups is 3. The zero-order valence-electron chi connectivity index (χ0n) is 17.6. The van der Waals surface area contributed by atoms with Crippen LogP contribution in [0, 0.1) is 16.7 Å². The number of ketones is 1. The first-order chi connectivity index (χ1) is 12.9. The Bertz CT molecular complexity index is 741. The molecule has 3 rings (SSSR count). The molecule has 2 aliphatic carbocycles. The van der Waals surface area contributed by atoms with Gasteiger partial charge in [-0.05, 0) is 51.2 Å². The van der Waals surface area contributed by atoms with Crippen molar-refractivity contribution in [3.05, 3.63) is 11.6 Å². The van der Waals surface area contributed by atoms with Crippen LogP contribution in [0.5, 0.6) is 0 Å². The van der Waals surface area contributed by atoms with Crippen molar-refractivity contribution in [2.45, 2.75) is 84.3 Å². The first-order valence-corrected chi connectivity index (χ1v) is 10.2. The molecule has 6 nitrogen and oxygen atoms in total. The van der Waals surface area contributed by atoms with E-state index in [-0.39, 0.29) is 30.7 Å². The SMILES string of the molecule is CC(=O)OC[C@]1(C)CCC[C@@]2(C)[C@H]1C(=O)C=C(C)[C@]21CC[C@@](C)(CC(=O)O)O1. The number of carboxylic acids is 1.